The Kier molecular flexibility index (Phi) is 1.80. The molecule has 1 aliphatic rings. The van der Waals surface area contributed by atoms with Gasteiger partial charge in [-0.15, -0.1) is 11.8 Å². The third-order valence-electron chi connectivity index (χ3n) is 2.72. The van der Waals surface area contributed by atoms with Gasteiger partial charge in [-0.2, -0.15) is 0 Å². The molecule has 0 spiro atoms. The summed E-state index contributed by atoms with van der Waals surface area (Å²) in [6.07, 6.45) is 7.44. The van der Waals surface area contributed by atoms with E-state index in [2.05, 4.69) is 34.4 Å². The van der Waals surface area contributed by atoms with Gasteiger partial charge < -0.3 is 4.57 Å². The van der Waals surface area contributed by atoms with Crippen molar-refractivity contribution in [2.45, 2.75) is 18.0 Å². The molecule has 1 aliphatic heterocycles. The molecule has 0 fully saturated rings. The van der Waals surface area contributed by atoms with Crippen LogP contribution >= 0.6 is 11.8 Å². The average Bonchev–Trinajstić information content (AvgIpc) is 2.76. The van der Waals surface area contributed by atoms with Crippen molar-refractivity contribution in [3.05, 3.63) is 30.4 Å². The molecule has 0 saturated heterocycles. The predicted octanol–water partition coefficient (Wildman–Crippen LogP) is 2.71. The minimum absolute atomic E-state index is 1.12. The summed E-state index contributed by atoms with van der Waals surface area (Å²) in [5, 5.41) is 2.43. The Morgan fingerprint density at radius 2 is 2.43 bits per heavy atom. The highest BCUT2D eigenvalue weighted by molar-refractivity contribution is 7.98. The van der Waals surface area contributed by atoms with Crippen LogP contribution in [0.25, 0.3) is 10.9 Å². The second kappa shape index (κ2) is 3.02. The molecule has 0 atom stereocenters. The van der Waals surface area contributed by atoms with Gasteiger partial charge in [0.25, 0.3) is 0 Å². The zero-order valence-corrected chi connectivity index (χ0v) is 8.84. The zero-order valence-electron chi connectivity index (χ0n) is 8.03. The van der Waals surface area contributed by atoms with E-state index >= 15 is 0 Å². The van der Waals surface area contributed by atoms with Crippen molar-refractivity contribution in [2.24, 2.45) is 0 Å². The quantitative estimate of drug-likeness (QED) is 0.663. The molecule has 0 N–H and O–H groups in total. The summed E-state index contributed by atoms with van der Waals surface area (Å²) in [5.41, 5.74) is 2.68. The van der Waals surface area contributed by atoms with Crippen molar-refractivity contribution in [3.8, 4) is 0 Å². The van der Waals surface area contributed by atoms with E-state index in [1.54, 1.807) is 11.8 Å². The number of hydrogen-bond donors (Lipinski definition) is 0. The summed E-state index contributed by atoms with van der Waals surface area (Å²) >= 11 is 1.72. The first-order valence-corrected chi connectivity index (χ1v) is 5.98. The number of rotatable bonds is 1. The van der Waals surface area contributed by atoms with Crippen LogP contribution in [0.5, 0.6) is 0 Å². The Morgan fingerprint density at radius 3 is 3.29 bits per heavy atom. The second-order valence-electron chi connectivity index (χ2n) is 3.47. The third-order valence-corrected chi connectivity index (χ3v) is 3.44. The van der Waals surface area contributed by atoms with Crippen LogP contribution in [-0.4, -0.2) is 15.8 Å². The lowest BCUT2D eigenvalue weighted by atomic mass is 10.2. The summed E-state index contributed by atoms with van der Waals surface area (Å²) in [6.45, 7) is 1.12. The lowest BCUT2D eigenvalue weighted by Crippen LogP contribution is -1.91. The first-order chi connectivity index (χ1) is 6.90. The fourth-order valence-electron chi connectivity index (χ4n) is 2.10. The van der Waals surface area contributed by atoms with E-state index in [1.165, 1.54) is 23.0 Å². The van der Waals surface area contributed by atoms with Crippen LogP contribution in [-0.2, 0) is 6.54 Å². The third kappa shape index (κ3) is 1.02. The molecule has 0 aromatic carbocycles. The molecule has 2 aromatic heterocycles. The van der Waals surface area contributed by atoms with Crippen molar-refractivity contribution >= 4 is 22.7 Å². The molecule has 14 heavy (non-hydrogen) atoms. The van der Waals surface area contributed by atoms with Gasteiger partial charge in [-0.1, -0.05) is 0 Å². The molecule has 0 bridgehead atoms. The maximum Gasteiger partial charge on any atom is 0.105 e. The summed E-state index contributed by atoms with van der Waals surface area (Å²) in [6, 6.07) is 4.36. The van der Waals surface area contributed by atoms with Gasteiger partial charge in [0, 0.05) is 30.2 Å². The van der Waals surface area contributed by atoms with E-state index in [9.17, 15) is 0 Å². The first kappa shape index (κ1) is 8.36. The normalized spacial score (nSPS) is 14.9. The topological polar surface area (TPSA) is 17.8 Å². The molecule has 0 unspecified atom stereocenters. The smallest absolute Gasteiger partial charge is 0.105 e. The largest absolute Gasteiger partial charge is 0.344 e. The summed E-state index contributed by atoms with van der Waals surface area (Å²) in [4.78, 5) is 4.37. The van der Waals surface area contributed by atoms with Crippen LogP contribution < -0.4 is 0 Å². The predicted molar refractivity (Wildman–Crippen MR) is 59.5 cm³/mol. The molecule has 1 radical (unpaired) electrons. The SMILES string of the molecule is CSc1nccc2c1cc1n2CC[CH]1. The first-order valence-electron chi connectivity index (χ1n) is 4.75. The highest BCUT2D eigenvalue weighted by Crippen LogP contribution is 2.31. The van der Waals surface area contributed by atoms with E-state index in [4.69, 9.17) is 0 Å². The number of nitrogens with zero attached hydrogens (tertiary/aromatic N) is 2. The van der Waals surface area contributed by atoms with Gasteiger partial charge in [0.2, 0.25) is 0 Å². The zero-order chi connectivity index (χ0) is 9.54. The summed E-state index contributed by atoms with van der Waals surface area (Å²) < 4.78 is 2.37. The van der Waals surface area contributed by atoms with Crippen LogP contribution in [0, 0.1) is 6.42 Å². The van der Waals surface area contributed by atoms with Gasteiger partial charge in [-0.3, -0.25) is 0 Å². The van der Waals surface area contributed by atoms with Crippen molar-refractivity contribution in [1.29, 1.82) is 0 Å². The van der Waals surface area contributed by atoms with Crippen molar-refractivity contribution in [1.82, 2.24) is 9.55 Å². The number of thioether (sulfide) groups is 1. The fourth-order valence-corrected chi connectivity index (χ4v) is 2.65. The number of pyridine rings is 1. The van der Waals surface area contributed by atoms with Crippen LogP contribution in [0.2, 0.25) is 0 Å². The molecule has 3 heterocycles. The van der Waals surface area contributed by atoms with Gasteiger partial charge >= 0.3 is 0 Å². The van der Waals surface area contributed by atoms with E-state index in [0.717, 1.165) is 11.6 Å². The molecular weight excluding hydrogens is 192 g/mol. The van der Waals surface area contributed by atoms with E-state index in [0.29, 0.717) is 0 Å². The number of fused-ring (bicyclic) bond motifs is 3. The van der Waals surface area contributed by atoms with E-state index in [1.807, 2.05) is 6.20 Å². The van der Waals surface area contributed by atoms with Gasteiger partial charge in [-0.05, 0) is 24.8 Å². The lowest BCUT2D eigenvalue weighted by Gasteiger charge is -2.01. The van der Waals surface area contributed by atoms with E-state index < -0.39 is 0 Å². The van der Waals surface area contributed by atoms with Gasteiger partial charge in [-0.25, -0.2) is 4.98 Å². The molecule has 0 aliphatic carbocycles. The van der Waals surface area contributed by atoms with Crippen LogP contribution in [0.1, 0.15) is 12.1 Å². The highest BCUT2D eigenvalue weighted by Gasteiger charge is 2.16. The summed E-state index contributed by atoms with van der Waals surface area (Å²) in [5.74, 6) is 0. The van der Waals surface area contributed by atoms with Crippen molar-refractivity contribution in [2.75, 3.05) is 6.26 Å². The van der Waals surface area contributed by atoms with Crippen LogP contribution in [0.3, 0.4) is 0 Å². The molecule has 2 nitrogen and oxygen atoms in total. The van der Waals surface area contributed by atoms with Crippen molar-refractivity contribution in [3.63, 3.8) is 0 Å². The monoisotopic (exact) mass is 203 g/mol. The van der Waals surface area contributed by atoms with Gasteiger partial charge in [0.05, 0.1) is 5.52 Å². The second-order valence-corrected chi connectivity index (χ2v) is 4.26. The number of aromatic nitrogens is 2. The molecule has 2 aromatic rings. The molecule has 0 saturated carbocycles. The fraction of sp³-hybridized carbons (Fsp3) is 0.273. The standard InChI is InChI=1S/C11H11N2S/c1-14-11-9-7-8-3-2-6-13(8)10(9)4-5-12-11/h3-5,7H,2,6H2,1H3. The average molecular weight is 203 g/mol. The van der Waals surface area contributed by atoms with Gasteiger partial charge in [0.1, 0.15) is 5.03 Å². The molecule has 3 heteroatoms. The minimum Gasteiger partial charge on any atom is -0.344 e. The Bertz CT molecular complexity index is 487. The van der Waals surface area contributed by atoms with Crippen molar-refractivity contribution < 1.29 is 0 Å². The highest BCUT2D eigenvalue weighted by atomic mass is 32.2. The molecular formula is C11H11N2S. The Morgan fingerprint density at radius 1 is 1.50 bits per heavy atom. The number of hydrogen-bond acceptors (Lipinski definition) is 2. The Balaban J connectivity index is 2.36. The maximum absolute atomic E-state index is 4.37. The van der Waals surface area contributed by atoms with Gasteiger partial charge in [0.15, 0.2) is 0 Å². The summed E-state index contributed by atoms with van der Waals surface area (Å²) in [7, 11) is 0. The van der Waals surface area contributed by atoms with Crippen LogP contribution in [0.15, 0.2) is 23.4 Å². The van der Waals surface area contributed by atoms with E-state index in [-0.39, 0.29) is 0 Å². The molecule has 71 valence electrons. The Hall–Kier alpha value is -0.960. The molecule has 0 amide bonds. The molecule has 3 rings (SSSR count). The minimum atomic E-state index is 1.12. The van der Waals surface area contributed by atoms with Crippen LogP contribution in [0.4, 0.5) is 0 Å². The maximum atomic E-state index is 4.37. The number of aryl methyl sites for hydroxylation is 1. The Labute approximate surface area is 87.3 Å². The lowest BCUT2D eigenvalue weighted by molar-refractivity contribution is 0.790.